The van der Waals surface area contributed by atoms with Crippen LogP contribution >= 0.6 is 23.7 Å². The van der Waals surface area contributed by atoms with Crippen LogP contribution < -0.4 is 10.5 Å². The minimum Gasteiger partial charge on any atom is -0.341 e. The number of likely N-dealkylation sites (tertiary alicyclic amines) is 1. The second-order valence-electron chi connectivity index (χ2n) is 5.36. The molecule has 1 fully saturated rings. The van der Waals surface area contributed by atoms with Crippen molar-refractivity contribution in [3.8, 4) is 0 Å². The van der Waals surface area contributed by atoms with Crippen molar-refractivity contribution < 1.29 is 13.2 Å². The van der Waals surface area contributed by atoms with Gasteiger partial charge in [-0.25, -0.2) is 13.1 Å². The Balaban J connectivity index is 0.00000242. The summed E-state index contributed by atoms with van der Waals surface area (Å²) in [5, 5.41) is 1.69. The number of nitrogens with two attached hydrogens (primary N) is 1. The van der Waals surface area contributed by atoms with Crippen LogP contribution in [0, 0.1) is 5.92 Å². The molecule has 0 saturated carbocycles. The molecule has 1 amide bonds. The summed E-state index contributed by atoms with van der Waals surface area (Å²) in [6, 6.07) is 3.23. The Bertz CT molecular complexity index is 575. The molecule has 1 aliphatic heterocycles. The summed E-state index contributed by atoms with van der Waals surface area (Å²) in [7, 11) is -3.58. The molecule has 2 atom stereocenters. The number of sulfonamides is 1. The maximum Gasteiger partial charge on any atom is 0.250 e. The van der Waals surface area contributed by atoms with Gasteiger partial charge in [-0.05, 0) is 37.1 Å². The minimum absolute atomic E-state index is 0. The second kappa shape index (κ2) is 8.26. The number of thiophene rings is 1. The van der Waals surface area contributed by atoms with Gasteiger partial charge in [0.25, 0.3) is 10.0 Å². The van der Waals surface area contributed by atoms with E-state index in [1.165, 1.54) is 6.07 Å². The van der Waals surface area contributed by atoms with Gasteiger partial charge in [0, 0.05) is 19.1 Å². The fourth-order valence-electron chi connectivity index (χ4n) is 2.42. The van der Waals surface area contributed by atoms with Crippen LogP contribution in [0.3, 0.4) is 0 Å². The van der Waals surface area contributed by atoms with Gasteiger partial charge in [0.15, 0.2) is 0 Å². The smallest absolute Gasteiger partial charge is 0.250 e. The highest BCUT2D eigenvalue weighted by Gasteiger charge is 2.26. The lowest BCUT2D eigenvalue weighted by Gasteiger charge is -2.34. The molecule has 2 rings (SSSR count). The molecule has 126 valence electrons. The number of carbonyl (C=O) groups excluding carboxylic acids is 1. The molecule has 1 aliphatic rings. The summed E-state index contributed by atoms with van der Waals surface area (Å²) in [4.78, 5) is 13.8. The van der Waals surface area contributed by atoms with E-state index in [9.17, 15) is 13.2 Å². The number of amides is 1. The molecule has 0 bridgehead atoms. The quantitative estimate of drug-likeness (QED) is 0.813. The Morgan fingerprint density at radius 2 is 2.32 bits per heavy atom. The molecular weight excluding hydrogens is 346 g/mol. The molecule has 0 aliphatic carbocycles. The van der Waals surface area contributed by atoms with Crippen LogP contribution in [-0.4, -0.2) is 44.9 Å². The third-order valence-corrected chi connectivity index (χ3v) is 6.53. The third kappa shape index (κ3) is 4.92. The van der Waals surface area contributed by atoms with Crippen molar-refractivity contribution in [2.75, 3.05) is 19.6 Å². The van der Waals surface area contributed by atoms with Crippen LogP contribution in [0.15, 0.2) is 21.7 Å². The Morgan fingerprint density at radius 3 is 2.91 bits per heavy atom. The first kappa shape index (κ1) is 19.4. The Kier molecular flexibility index (Phi) is 7.27. The van der Waals surface area contributed by atoms with Crippen LogP contribution in [0.5, 0.6) is 0 Å². The lowest BCUT2D eigenvalue weighted by molar-refractivity contribution is -0.131. The van der Waals surface area contributed by atoms with E-state index in [2.05, 4.69) is 4.72 Å². The zero-order valence-electron chi connectivity index (χ0n) is 12.4. The molecule has 3 N–H and O–H groups in total. The number of nitrogens with zero attached hydrogens (tertiary/aromatic N) is 1. The van der Waals surface area contributed by atoms with Crippen molar-refractivity contribution in [1.29, 1.82) is 0 Å². The highest BCUT2D eigenvalue weighted by Crippen LogP contribution is 2.19. The molecule has 9 heteroatoms. The van der Waals surface area contributed by atoms with E-state index in [0.717, 1.165) is 24.2 Å². The first-order chi connectivity index (χ1) is 9.90. The van der Waals surface area contributed by atoms with Gasteiger partial charge in [0.1, 0.15) is 4.21 Å². The summed E-state index contributed by atoms with van der Waals surface area (Å²) in [6.45, 7) is 3.02. The summed E-state index contributed by atoms with van der Waals surface area (Å²) >= 11 is 1.13. The number of hydrogen-bond donors (Lipinski definition) is 2. The van der Waals surface area contributed by atoms with Crippen molar-refractivity contribution in [2.45, 2.75) is 30.0 Å². The molecule has 0 radical (unpaired) electrons. The molecule has 1 saturated heterocycles. The van der Waals surface area contributed by atoms with Gasteiger partial charge < -0.3 is 10.6 Å². The topological polar surface area (TPSA) is 92.5 Å². The third-order valence-electron chi connectivity index (χ3n) is 3.73. The predicted octanol–water partition coefficient (Wildman–Crippen LogP) is 1.03. The maximum absolute atomic E-state index is 12.1. The number of nitrogens with one attached hydrogen (secondary N) is 1. The molecule has 1 aromatic heterocycles. The van der Waals surface area contributed by atoms with E-state index in [0.29, 0.717) is 13.1 Å². The van der Waals surface area contributed by atoms with Gasteiger partial charge >= 0.3 is 0 Å². The van der Waals surface area contributed by atoms with Crippen molar-refractivity contribution in [1.82, 2.24) is 9.62 Å². The van der Waals surface area contributed by atoms with E-state index in [4.69, 9.17) is 5.73 Å². The largest absolute Gasteiger partial charge is 0.341 e. The molecule has 6 nitrogen and oxygen atoms in total. The maximum atomic E-state index is 12.1. The van der Waals surface area contributed by atoms with Crippen molar-refractivity contribution in [3.05, 3.63) is 17.5 Å². The number of halogens is 1. The summed E-state index contributed by atoms with van der Waals surface area (Å²) in [6.07, 6.45) is 1.93. The summed E-state index contributed by atoms with van der Waals surface area (Å²) in [5.41, 5.74) is 5.89. The Hall–Kier alpha value is -0.670. The molecule has 2 unspecified atom stereocenters. The van der Waals surface area contributed by atoms with E-state index >= 15 is 0 Å². The fourth-order valence-corrected chi connectivity index (χ4v) is 4.43. The standard InChI is InChI=1S/C13H21N3O3S2.ClH/c1-10(14)11-4-2-6-16(9-11)12(17)8-15-21(18,19)13-5-3-7-20-13;/h3,5,7,10-11,15H,2,4,6,8-9,14H2,1H3;1H. The molecule has 0 spiro atoms. The monoisotopic (exact) mass is 367 g/mol. The normalized spacial score (nSPS) is 20.3. The van der Waals surface area contributed by atoms with E-state index in [1.807, 2.05) is 6.92 Å². The van der Waals surface area contributed by atoms with Gasteiger partial charge in [-0.15, -0.1) is 23.7 Å². The van der Waals surface area contributed by atoms with Crippen LogP contribution in [-0.2, 0) is 14.8 Å². The highest BCUT2D eigenvalue weighted by molar-refractivity contribution is 7.91. The van der Waals surface area contributed by atoms with Crippen LogP contribution in [0.4, 0.5) is 0 Å². The molecular formula is C13H22ClN3O3S2. The van der Waals surface area contributed by atoms with E-state index < -0.39 is 10.0 Å². The fraction of sp³-hybridized carbons (Fsp3) is 0.615. The first-order valence-electron chi connectivity index (χ1n) is 6.96. The van der Waals surface area contributed by atoms with E-state index in [-0.39, 0.29) is 41.0 Å². The van der Waals surface area contributed by atoms with Crippen molar-refractivity contribution in [3.63, 3.8) is 0 Å². The number of hydrogen-bond acceptors (Lipinski definition) is 5. The zero-order chi connectivity index (χ0) is 15.5. The highest BCUT2D eigenvalue weighted by atomic mass is 35.5. The summed E-state index contributed by atoms with van der Waals surface area (Å²) in [5.74, 6) is 0.0945. The molecule has 2 heterocycles. The number of piperidine rings is 1. The lowest BCUT2D eigenvalue weighted by atomic mass is 9.92. The zero-order valence-corrected chi connectivity index (χ0v) is 14.8. The summed E-state index contributed by atoms with van der Waals surface area (Å²) < 4.78 is 26.5. The van der Waals surface area contributed by atoms with E-state index in [1.54, 1.807) is 16.3 Å². The second-order valence-corrected chi connectivity index (χ2v) is 8.30. The minimum atomic E-state index is -3.58. The lowest BCUT2D eigenvalue weighted by Crippen LogP contribution is -2.48. The van der Waals surface area contributed by atoms with Crippen LogP contribution in [0.2, 0.25) is 0 Å². The Morgan fingerprint density at radius 1 is 1.59 bits per heavy atom. The molecule has 22 heavy (non-hydrogen) atoms. The average Bonchev–Trinajstić information content (AvgIpc) is 3.00. The average molecular weight is 368 g/mol. The molecule has 0 aromatic carbocycles. The number of rotatable bonds is 5. The molecule has 1 aromatic rings. The predicted molar refractivity (Wildman–Crippen MR) is 89.7 cm³/mol. The van der Waals surface area contributed by atoms with Gasteiger partial charge in [-0.2, -0.15) is 0 Å². The van der Waals surface area contributed by atoms with Gasteiger partial charge in [-0.1, -0.05) is 6.07 Å². The van der Waals surface area contributed by atoms with Crippen molar-refractivity contribution in [2.24, 2.45) is 11.7 Å². The Labute approximate surface area is 141 Å². The number of carbonyl (C=O) groups is 1. The SMILES string of the molecule is CC(N)C1CCCN(C(=O)CNS(=O)(=O)c2cccs2)C1.Cl. The van der Waals surface area contributed by atoms with Gasteiger partial charge in [0.2, 0.25) is 5.91 Å². The van der Waals surface area contributed by atoms with Crippen molar-refractivity contribution >= 4 is 39.7 Å². The van der Waals surface area contributed by atoms with Gasteiger partial charge in [-0.3, -0.25) is 4.79 Å². The van der Waals surface area contributed by atoms with Crippen LogP contribution in [0.1, 0.15) is 19.8 Å². The first-order valence-corrected chi connectivity index (χ1v) is 9.33. The van der Waals surface area contributed by atoms with Gasteiger partial charge in [0.05, 0.1) is 6.54 Å². The van der Waals surface area contributed by atoms with Crippen LogP contribution in [0.25, 0.3) is 0 Å².